The number of urea groups is 1. The summed E-state index contributed by atoms with van der Waals surface area (Å²) in [4.78, 5) is 27.8. The number of nitrogens with one attached hydrogen (secondary N) is 3. The summed E-state index contributed by atoms with van der Waals surface area (Å²) in [5.74, 6) is 0.468. The third-order valence-electron chi connectivity index (χ3n) is 6.23. The molecule has 1 saturated carbocycles. The predicted octanol–water partition coefficient (Wildman–Crippen LogP) is 3.47. The lowest BCUT2D eigenvalue weighted by molar-refractivity contribution is -0.117. The highest BCUT2D eigenvalue weighted by Gasteiger charge is 2.24. The predicted molar refractivity (Wildman–Crippen MR) is 126 cm³/mol. The Hall–Kier alpha value is -2.85. The van der Waals surface area contributed by atoms with Crippen molar-refractivity contribution < 1.29 is 14.3 Å². The van der Waals surface area contributed by atoms with E-state index < -0.39 is 6.03 Å². The molecule has 5 rings (SSSR count). The van der Waals surface area contributed by atoms with Crippen LogP contribution in [-0.2, 0) is 16.1 Å². The maximum absolute atomic E-state index is 12.4. The van der Waals surface area contributed by atoms with E-state index in [1.807, 2.05) is 29.0 Å². The molecule has 1 aliphatic heterocycles. The number of rotatable bonds is 7. The van der Waals surface area contributed by atoms with Crippen molar-refractivity contribution in [2.45, 2.75) is 62.4 Å². The molecular weight excluding hydrogens is 440 g/mol. The van der Waals surface area contributed by atoms with E-state index in [4.69, 9.17) is 4.74 Å². The van der Waals surface area contributed by atoms with E-state index >= 15 is 0 Å². The van der Waals surface area contributed by atoms with Gasteiger partial charge in [0.05, 0.1) is 18.4 Å². The maximum Gasteiger partial charge on any atom is 0.321 e. The van der Waals surface area contributed by atoms with Gasteiger partial charge < -0.3 is 15.0 Å². The number of fused-ring (bicyclic) bond motifs is 1. The molecule has 0 bridgehead atoms. The SMILES string of the molecule is O=C(CSc1nnc(-c2c[nH]c3ccccc23)n1CC1CCCO1)NC(=O)NC1CCCC1. The Kier molecular flexibility index (Phi) is 6.63. The fourth-order valence-corrected chi connectivity index (χ4v) is 5.34. The summed E-state index contributed by atoms with van der Waals surface area (Å²) in [5.41, 5.74) is 1.99. The van der Waals surface area contributed by atoms with E-state index in [0.717, 1.165) is 67.4 Å². The lowest BCUT2D eigenvalue weighted by atomic mass is 10.1. The van der Waals surface area contributed by atoms with Crippen LogP contribution in [0, 0.1) is 0 Å². The average Bonchev–Trinajstić information content (AvgIpc) is 3.60. The molecule has 10 heteroatoms. The van der Waals surface area contributed by atoms with Crippen molar-refractivity contribution in [1.29, 1.82) is 0 Å². The first-order chi connectivity index (χ1) is 16.2. The van der Waals surface area contributed by atoms with Crippen molar-refractivity contribution in [2.24, 2.45) is 0 Å². The summed E-state index contributed by atoms with van der Waals surface area (Å²) in [6.45, 7) is 1.38. The number of amides is 3. The van der Waals surface area contributed by atoms with E-state index in [0.29, 0.717) is 11.7 Å². The number of hydrogen-bond donors (Lipinski definition) is 3. The molecule has 1 unspecified atom stereocenters. The molecule has 1 atom stereocenters. The molecule has 174 valence electrons. The normalized spacial score (nSPS) is 18.7. The molecule has 33 heavy (non-hydrogen) atoms. The van der Waals surface area contributed by atoms with Crippen molar-refractivity contribution in [3.63, 3.8) is 0 Å². The molecule has 3 N–H and O–H groups in total. The molecule has 1 aromatic carbocycles. The minimum Gasteiger partial charge on any atom is -0.376 e. The molecule has 1 saturated heterocycles. The molecule has 0 radical (unpaired) electrons. The summed E-state index contributed by atoms with van der Waals surface area (Å²) in [5, 5.41) is 15.9. The first-order valence-electron chi connectivity index (χ1n) is 11.5. The number of ether oxygens (including phenoxy) is 1. The molecule has 9 nitrogen and oxygen atoms in total. The van der Waals surface area contributed by atoms with Crippen LogP contribution in [0.1, 0.15) is 38.5 Å². The van der Waals surface area contributed by atoms with Gasteiger partial charge >= 0.3 is 6.03 Å². The van der Waals surface area contributed by atoms with Gasteiger partial charge in [0.25, 0.3) is 0 Å². The first-order valence-corrected chi connectivity index (χ1v) is 12.5. The van der Waals surface area contributed by atoms with Gasteiger partial charge in [-0.05, 0) is 31.7 Å². The van der Waals surface area contributed by atoms with E-state index in [-0.39, 0.29) is 23.8 Å². The van der Waals surface area contributed by atoms with Gasteiger partial charge in [0, 0.05) is 35.3 Å². The van der Waals surface area contributed by atoms with Crippen LogP contribution >= 0.6 is 11.8 Å². The first kappa shape index (κ1) is 22.0. The van der Waals surface area contributed by atoms with Crippen molar-refractivity contribution >= 4 is 34.6 Å². The van der Waals surface area contributed by atoms with Crippen LogP contribution in [0.5, 0.6) is 0 Å². The van der Waals surface area contributed by atoms with Crippen molar-refractivity contribution in [1.82, 2.24) is 30.4 Å². The van der Waals surface area contributed by atoms with Crippen LogP contribution in [-0.4, -0.2) is 56.2 Å². The molecule has 3 aromatic rings. The van der Waals surface area contributed by atoms with Crippen molar-refractivity contribution in [3.05, 3.63) is 30.5 Å². The number of thioether (sulfide) groups is 1. The Morgan fingerprint density at radius 1 is 1.15 bits per heavy atom. The van der Waals surface area contributed by atoms with E-state index in [1.54, 1.807) is 0 Å². The summed E-state index contributed by atoms with van der Waals surface area (Å²) < 4.78 is 7.89. The number of aromatic nitrogens is 4. The van der Waals surface area contributed by atoms with Crippen LogP contribution < -0.4 is 10.6 Å². The Morgan fingerprint density at radius 3 is 2.82 bits per heavy atom. The van der Waals surface area contributed by atoms with Crippen LogP contribution in [0.4, 0.5) is 4.79 Å². The molecule has 1 aliphatic carbocycles. The number of aromatic amines is 1. The van der Waals surface area contributed by atoms with Gasteiger partial charge in [0.15, 0.2) is 11.0 Å². The number of imide groups is 1. The number of carbonyl (C=O) groups excluding carboxylic acids is 2. The standard InChI is InChI=1S/C23H28N6O3S/c30-20(26-22(31)25-15-6-1-2-7-15)14-33-23-28-27-21(29(23)13-16-8-5-11-32-16)18-12-24-19-10-4-3-9-17(18)19/h3-4,9-10,12,15-16,24H,1-2,5-8,11,13-14H2,(H2,25,26,30,31). The lowest BCUT2D eigenvalue weighted by Gasteiger charge is -2.15. The second-order valence-corrected chi connectivity index (χ2v) is 9.53. The van der Waals surface area contributed by atoms with Crippen LogP contribution in [0.15, 0.2) is 35.6 Å². The molecule has 2 fully saturated rings. The summed E-state index contributed by atoms with van der Waals surface area (Å²) in [6, 6.07) is 7.80. The highest BCUT2D eigenvalue weighted by Crippen LogP contribution is 2.31. The Labute approximate surface area is 196 Å². The molecule has 3 heterocycles. The zero-order valence-electron chi connectivity index (χ0n) is 18.4. The second kappa shape index (κ2) is 9.96. The largest absolute Gasteiger partial charge is 0.376 e. The minimum atomic E-state index is -0.423. The quantitative estimate of drug-likeness (QED) is 0.458. The Morgan fingerprint density at radius 2 is 2.00 bits per heavy atom. The Balaban J connectivity index is 1.30. The highest BCUT2D eigenvalue weighted by molar-refractivity contribution is 7.99. The Bertz CT molecular complexity index is 1130. The van der Waals surface area contributed by atoms with Crippen molar-refractivity contribution in [3.8, 4) is 11.4 Å². The number of H-pyrrole nitrogens is 1. The molecular formula is C23H28N6O3S. The molecule has 0 spiro atoms. The highest BCUT2D eigenvalue weighted by atomic mass is 32.2. The van der Waals surface area contributed by atoms with E-state index in [9.17, 15) is 9.59 Å². The molecule has 3 amide bonds. The van der Waals surface area contributed by atoms with Gasteiger partial charge in [0.2, 0.25) is 5.91 Å². The summed E-state index contributed by atoms with van der Waals surface area (Å²) in [7, 11) is 0. The smallest absolute Gasteiger partial charge is 0.321 e. The van der Waals surface area contributed by atoms with Crippen LogP contribution in [0.2, 0.25) is 0 Å². The van der Waals surface area contributed by atoms with Gasteiger partial charge in [0.1, 0.15) is 0 Å². The molecule has 2 aliphatic rings. The van der Waals surface area contributed by atoms with E-state index in [1.165, 1.54) is 11.8 Å². The number of para-hydroxylation sites is 1. The monoisotopic (exact) mass is 468 g/mol. The zero-order valence-corrected chi connectivity index (χ0v) is 19.2. The average molecular weight is 469 g/mol. The van der Waals surface area contributed by atoms with Gasteiger partial charge in [-0.1, -0.05) is 42.8 Å². The maximum atomic E-state index is 12.4. The van der Waals surface area contributed by atoms with Gasteiger partial charge in [-0.2, -0.15) is 0 Å². The van der Waals surface area contributed by atoms with Gasteiger partial charge in [-0.15, -0.1) is 10.2 Å². The minimum absolute atomic E-state index is 0.0790. The number of hydrogen-bond acceptors (Lipinski definition) is 6. The fourth-order valence-electron chi connectivity index (χ4n) is 4.59. The third kappa shape index (κ3) is 5.06. The van der Waals surface area contributed by atoms with Gasteiger partial charge in [-0.25, -0.2) is 4.79 Å². The number of nitrogens with zero attached hydrogens (tertiary/aromatic N) is 3. The zero-order chi connectivity index (χ0) is 22.6. The van der Waals surface area contributed by atoms with E-state index in [2.05, 4.69) is 31.9 Å². The lowest BCUT2D eigenvalue weighted by Crippen LogP contribution is -2.44. The van der Waals surface area contributed by atoms with Crippen LogP contribution in [0.25, 0.3) is 22.3 Å². The van der Waals surface area contributed by atoms with Gasteiger partial charge in [-0.3, -0.25) is 14.7 Å². The fraction of sp³-hybridized carbons (Fsp3) is 0.478. The number of benzene rings is 1. The van der Waals surface area contributed by atoms with Crippen molar-refractivity contribution in [2.75, 3.05) is 12.4 Å². The topological polar surface area (TPSA) is 114 Å². The second-order valence-electron chi connectivity index (χ2n) is 8.59. The summed E-state index contributed by atoms with van der Waals surface area (Å²) >= 11 is 1.28. The molecule has 2 aromatic heterocycles. The number of carbonyl (C=O) groups is 2. The summed E-state index contributed by atoms with van der Waals surface area (Å²) in [6.07, 6.45) is 8.23. The van der Waals surface area contributed by atoms with Crippen LogP contribution in [0.3, 0.4) is 0 Å². The third-order valence-corrected chi connectivity index (χ3v) is 7.20.